The van der Waals surface area contributed by atoms with E-state index in [2.05, 4.69) is 31.0 Å². The molecule has 0 saturated carbocycles. The first kappa shape index (κ1) is 117. The van der Waals surface area contributed by atoms with E-state index in [0.29, 0.717) is 134 Å². The predicted octanol–water partition coefficient (Wildman–Crippen LogP) is 4.14. The average Bonchev–Trinajstić information content (AvgIpc) is 1.63. The number of aliphatic hydroxyl groups excluding tert-OH is 2. The Morgan fingerprint density at radius 1 is 0.507 bits per heavy atom. The average molecular weight is 2150 g/mol. The Morgan fingerprint density at radius 3 is 1.39 bits per heavy atom. The number of ether oxygens (including phenoxy) is 6. The number of carbonyl (C=O) groups is 13. The first-order valence-electron chi connectivity index (χ1n) is 48.4. The normalized spacial score (nSPS) is 22.3. The van der Waals surface area contributed by atoms with Gasteiger partial charge < -0.3 is 89.5 Å². The van der Waals surface area contributed by atoms with Gasteiger partial charge in [0.25, 0.3) is 0 Å². The van der Waals surface area contributed by atoms with Crippen molar-refractivity contribution in [2.75, 3.05) is 138 Å². The fourth-order valence-corrected chi connectivity index (χ4v) is 19.1. The van der Waals surface area contributed by atoms with Gasteiger partial charge in [-0.1, -0.05) is 18.2 Å². The molecule has 51 heteroatoms. The summed E-state index contributed by atoms with van der Waals surface area (Å²) >= 11 is 15.2. The number of nitrogens with one attached hydrogen (secondary N) is 2. The largest absolute Gasteiger partial charge is 1.00 e. The van der Waals surface area contributed by atoms with Crippen molar-refractivity contribution in [1.82, 2.24) is 84.3 Å². The molecule has 4 N–H and O–H groups in total. The minimum absolute atomic E-state index is 0. The number of alkyl halides is 2. The number of nitrogens with zero attached hydrogens (tertiary/aromatic N) is 18. The number of likely N-dealkylation sites (tertiary alicyclic amines) is 1. The molecule has 806 valence electrons. The number of anilines is 3. The van der Waals surface area contributed by atoms with Crippen LogP contribution < -0.4 is 59.7 Å². The number of piperazine rings is 1. The molecule has 11 aliphatic rings. The standard InChI is InChI=1S/C23H24F3N5O4.C20H30ClN5O5.C20H33N5O5.C18H29N5O4.C14H9F3O2.C2H2Cl2O.Na.H/c1-13-9-31-19(11-29(13)20(32)6-14-4-16(24)23(26)17(25)5-14)18(8-27-31)30-10-15(7-21(30)33)28-2-3-35-12-22(28)34;1-13-10-26-16(12-24(13)19(30)31-20(2,3)4)15(9-22-26)25-11-14(7-17(25)28)23(5-6-27)18(29)8-21;1-13-9-25-16(11-23(13)19(28)30-20(2,3)4)15(8-21-25)24-10-14(7-17(24)26)22-5-6-29-12-18(22)27;1-12-9-23-15(11-21(12)17(26)27-18(2,3)4)14(8-20-23)22-10-13(7-16(22)25)19-5-6-24;15-11-6-9(7-12(16)14(11)17)8-13(18)19-10-4-2-1-3-5-10;3-1-2(4)5;;/h4-5,8,13,15H,2-3,6-7,9-12H2,1H3;9,13-14,27H,5-8,10-12H2,1-4H3;13-16,21H,5-12H2,1-4H3;8,12-13,19,24H,5-7,9-11H2,1-4H3;1-7H,8H2;1H2;;/q;;;;;;+1;-1/t13-,15?;13-,14?;13-,14?,15?,16?;12-,13?;;;;/m0000..../s1. The number of aliphatic hydroxyl groups is 2. The molecule has 3 aromatic heterocycles. The van der Waals surface area contributed by atoms with E-state index in [4.69, 9.17) is 68.3 Å². The molecule has 14 heterocycles. The maximum absolute atomic E-state index is 13.6. The number of carbonyl (C=O) groups excluding carboxylic acids is 13. The Hall–Kier alpha value is -10.8. The molecule has 0 spiro atoms. The van der Waals surface area contributed by atoms with Crippen LogP contribution in [0.25, 0.3) is 0 Å². The van der Waals surface area contributed by atoms with Crippen molar-refractivity contribution in [1.29, 1.82) is 0 Å². The third-order valence-corrected chi connectivity index (χ3v) is 26.6. The molecule has 6 aromatic rings. The second-order valence-electron chi connectivity index (χ2n) is 40.2. The Morgan fingerprint density at radius 2 is 0.932 bits per heavy atom. The summed E-state index contributed by atoms with van der Waals surface area (Å²) in [4.78, 5) is 178. The number of amides is 11. The van der Waals surface area contributed by atoms with Gasteiger partial charge in [-0.3, -0.25) is 77.2 Å². The van der Waals surface area contributed by atoms with Crippen LogP contribution in [0.2, 0.25) is 0 Å². The monoisotopic (exact) mass is 2150 g/mol. The minimum atomic E-state index is -1.58. The SMILES string of the molecule is C[C@H]1CN2NCC(N3CC(N4CCOCC4=O)CC3=O)C2CN1C(=O)OC(C)(C)C.C[C@H]1Cn2ncc(N3CC(N(CCO)C(=O)CCl)CC3=O)c2CN1C(=O)OC(C)(C)C.C[C@H]1Cn2ncc(N3CC(N4CCOCC4=O)CC3=O)c2CN1C(=O)Cc1cc(F)c(F)c(F)c1.C[C@H]1Cn2ncc(N3CC(NCCO)CC3=O)c2CN1C(=O)OC(C)(C)C.O=C(Cc1cc(F)c(F)c(F)c1)Oc1ccccc1.O=C(Cl)CCl.[H-].[Na+]. The second kappa shape index (κ2) is 51.3. The molecule has 3 aromatic carbocycles. The number of morpholine rings is 2. The van der Waals surface area contributed by atoms with Crippen molar-refractivity contribution in [2.45, 2.75) is 245 Å². The minimum Gasteiger partial charge on any atom is -1.00 e. The van der Waals surface area contributed by atoms with Crippen LogP contribution in [0.4, 0.5) is 57.8 Å². The van der Waals surface area contributed by atoms with E-state index in [1.165, 1.54) is 4.90 Å². The van der Waals surface area contributed by atoms with Gasteiger partial charge >= 0.3 is 53.8 Å². The number of halogens is 9. The molecule has 11 aliphatic heterocycles. The smallest absolute Gasteiger partial charge is 1.00 e. The van der Waals surface area contributed by atoms with Crippen LogP contribution in [0.3, 0.4) is 0 Å². The Balaban J connectivity index is 0.000000189. The third-order valence-electron chi connectivity index (χ3n) is 25.9. The number of hydrogen-bond acceptors (Lipinski definition) is 27. The van der Waals surface area contributed by atoms with Gasteiger partial charge in [0.15, 0.2) is 34.9 Å². The third kappa shape index (κ3) is 29.9. The molecular formula is C97H128Cl3F6N20NaO21. The maximum atomic E-state index is 13.6. The summed E-state index contributed by atoms with van der Waals surface area (Å²) in [7, 11) is 0. The number of esters is 1. The molecule has 8 fully saturated rings. The van der Waals surface area contributed by atoms with E-state index in [0.717, 1.165) is 41.3 Å². The molecule has 6 unspecified atom stereocenters. The van der Waals surface area contributed by atoms with Crippen molar-refractivity contribution in [3.05, 3.63) is 136 Å². The number of hydrogen-bond donors (Lipinski definition) is 4. The van der Waals surface area contributed by atoms with Gasteiger partial charge in [-0.2, -0.15) is 15.3 Å². The fraction of sp³-hybridized carbons (Fsp3) is 0.588. The van der Waals surface area contributed by atoms with Crippen LogP contribution in [0.5, 0.6) is 5.75 Å². The van der Waals surface area contributed by atoms with Crippen molar-refractivity contribution >= 4 is 129 Å². The zero-order chi connectivity index (χ0) is 107. The topological polar surface area (TPSA) is 434 Å². The summed E-state index contributed by atoms with van der Waals surface area (Å²) in [6.45, 7) is 32.4. The number of aromatic nitrogens is 6. The quantitative estimate of drug-likeness (QED) is 0.0129. The van der Waals surface area contributed by atoms with E-state index in [-0.39, 0.29) is 252 Å². The van der Waals surface area contributed by atoms with Crippen molar-refractivity contribution in [3.8, 4) is 5.75 Å². The molecule has 17 rings (SSSR count). The summed E-state index contributed by atoms with van der Waals surface area (Å²) in [6.07, 6.45) is 4.25. The number of benzene rings is 3. The zero-order valence-electron chi connectivity index (χ0n) is 86.2. The van der Waals surface area contributed by atoms with E-state index in [1.54, 1.807) is 102 Å². The van der Waals surface area contributed by atoms with Crippen LogP contribution >= 0.6 is 34.8 Å². The van der Waals surface area contributed by atoms with Gasteiger partial charge in [0.1, 0.15) is 41.6 Å². The van der Waals surface area contributed by atoms with Gasteiger partial charge in [-0.25, -0.2) is 45.7 Å². The number of para-hydroxylation sites is 1. The molecule has 41 nitrogen and oxygen atoms in total. The van der Waals surface area contributed by atoms with Gasteiger partial charge in [-0.05, 0) is 149 Å². The summed E-state index contributed by atoms with van der Waals surface area (Å²) in [6, 6.07) is 10.2. The Bertz CT molecular complexity index is 5740. The first-order chi connectivity index (χ1) is 69.4. The van der Waals surface area contributed by atoms with Gasteiger partial charge in [0, 0.05) is 116 Å². The molecule has 0 radical (unpaired) electrons. The van der Waals surface area contributed by atoms with Crippen LogP contribution in [-0.2, 0) is 124 Å². The Labute approximate surface area is 890 Å². The number of hydrazine groups is 1. The van der Waals surface area contributed by atoms with E-state index < -0.39 is 69.0 Å². The second-order valence-corrected chi connectivity index (χ2v) is 41.2. The van der Waals surface area contributed by atoms with Gasteiger partial charge in [-0.15, -0.1) is 23.2 Å². The van der Waals surface area contributed by atoms with Crippen LogP contribution in [0.15, 0.2) is 73.2 Å². The molecule has 148 heavy (non-hydrogen) atoms. The maximum Gasteiger partial charge on any atom is 1.00 e. The summed E-state index contributed by atoms with van der Waals surface area (Å²) in [5.74, 6) is -10.2. The number of rotatable bonds is 19. The zero-order valence-corrected chi connectivity index (χ0v) is 89.5. The van der Waals surface area contributed by atoms with Crippen LogP contribution in [0.1, 0.15) is 145 Å². The van der Waals surface area contributed by atoms with Crippen LogP contribution in [-0.4, -0.2) is 361 Å². The van der Waals surface area contributed by atoms with E-state index in [1.807, 2.05) is 99.6 Å². The fourth-order valence-electron chi connectivity index (χ4n) is 18.9. The summed E-state index contributed by atoms with van der Waals surface area (Å²) in [5.41, 5.74) is 5.91. The summed E-state index contributed by atoms with van der Waals surface area (Å²) < 4.78 is 117. The summed E-state index contributed by atoms with van der Waals surface area (Å²) in [5, 5.41) is 36.3. The molecule has 11 amide bonds. The van der Waals surface area contributed by atoms with E-state index in [9.17, 15) is 93.8 Å². The van der Waals surface area contributed by atoms with Crippen molar-refractivity contribution in [2.24, 2.45) is 0 Å². The van der Waals surface area contributed by atoms with E-state index >= 15 is 0 Å². The molecule has 0 bridgehead atoms. The Kier molecular flexibility index (Phi) is 40.7. The molecule has 0 aliphatic carbocycles. The molecule has 8 saturated heterocycles. The molecular weight excluding hydrogens is 2020 g/mol. The van der Waals surface area contributed by atoms with Crippen molar-refractivity contribution < 1.29 is 158 Å². The van der Waals surface area contributed by atoms with Crippen LogP contribution in [0, 0.1) is 34.9 Å². The van der Waals surface area contributed by atoms with Gasteiger partial charge in [0.05, 0.1) is 179 Å². The number of fused-ring (bicyclic) bond motifs is 4. The predicted molar refractivity (Wildman–Crippen MR) is 521 cm³/mol. The van der Waals surface area contributed by atoms with Crippen molar-refractivity contribution in [3.63, 3.8) is 0 Å². The van der Waals surface area contributed by atoms with Gasteiger partial charge in [0.2, 0.25) is 52.5 Å². The molecule has 10 atom stereocenters. The first-order valence-corrected chi connectivity index (χ1v) is 49.8.